The van der Waals surface area contributed by atoms with Crippen LogP contribution in [-0.2, 0) is 9.53 Å². The average molecular weight is 383 g/mol. The van der Waals surface area contributed by atoms with Gasteiger partial charge in [0.05, 0.1) is 21.2 Å². The van der Waals surface area contributed by atoms with Crippen molar-refractivity contribution in [1.82, 2.24) is 0 Å². The quantitative estimate of drug-likeness (QED) is 0.477. The number of carbonyl (C=O) groups is 2. The SMILES string of the molecule is C[C@@H](OC(=O)c1cccc([N+](=O)[O-])c1)C(=O)Nc1ccc(Cl)cc1Cl. The molecule has 0 spiro atoms. The van der Waals surface area contributed by atoms with Crippen LogP contribution in [0.2, 0.25) is 10.0 Å². The molecule has 0 bridgehead atoms. The van der Waals surface area contributed by atoms with Crippen molar-refractivity contribution in [3.8, 4) is 0 Å². The third-order valence-corrected chi connectivity index (χ3v) is 3.68. The van der Waals surface area contributed by atoms with Gasteiger partial charge in [-0.3, -0.25) is 14.9 Å². The fourth-order valence-electron chi connectivity index (χ4n) is 1.85. The third kappa shape index (κ3) is 4.91. The maximum Gasteiger partial charge on any atom is 0.339 e. The van der Waals surface area contributed by atoms with E-state index in [2.05, 4.69) is 5.32 Å². The van der Waals surface area contributed by atoms with Gasteiger partial charge in [0.15, 0.2) is 6.10 Å². The second-order valence-corrected chi connectivity index (χ2v) is 5.81. The molecule has 0 unspecified atom stereocenters. The number of nitrogens with zero attached hydrogens (tertiary/aromatic N) is 1. The predicted octanol–water partition coefficient (Wildman–Crippen LogP) is 4.09. The molecule has 1 N–H and O–H groups in total. The number of amides is 1. The van der Waals surface area contributed by atoms with E-state index in [0.29, 0.717) is 10.7 Å². The van der Waals surface area contributed by atoms with Crippen LogP contribution in [0.5, 0.6) is 0 Å². The largest absolute Gasteiger partial charge is 0.449 e. The zero-order chi connectivity index (χ0) is 18.6. The fraction of sp³-hybridized carbons (Fsp3) is 0.125. The van der Waals surface area contributed by atoms with E-state index in [0.717, 1.165) is 6.07 Å². The first-order valence-electron chi connectivity index (χ1n) is 6.99. The molecule has 0 fully saturated rings. The van der Waals surface area contributed by atoms with Gasteiger partial charge in [-0.25, -0.2) is 4.79 Å². The van der Waals surface area contributed by atoms with Crippen molar-refractivity contribution in [2.45, 2.75) is 13.0 Å². The van der Waals surface area contributed by atoms with E-state index < -0.39 is 22.9 Å². The summed E-state index contributed by atoms with van der Waals surface area (Å²) in [4.78, 5) is 34.2. The van der Waals surface area contributed by atoms with E-state index >= 15 is 0 Å². The number of nitro groups is 1. The number of carbonyl (C=O) groups excluding carboxylic acids is 2. The lowest BCUT2D eigenvalue weighted by Crippen LogP contribution is -2.30. The van der Waals surface area contributed by atoms with Gasteiger partial charge in [0.25, 0.3) is 11.6 Å². The Bertz CT molecular complexity index is 841. The van der Waals surface area contributed by atoms with Crippen LogP contribution in [0.15, 0.2) is 42.5 Å². The van der Waals surface area contributed by atoms with E-state index in [9.17, 15) is 19.7 Å². The summed E-state index contributed by atoms with van der Waals surface area (Å²) in [5.41, 5.74) is 0.0344. The van der Waals surface area contributed by atoms with Crippen molar-refractivity contribution < 1.29 is 19.2 Å². The Hall–Kier alpha value is -2.64. The Morgan fingerprint density at radius 2 is 1.92 bits per heavy atom. The van der Waals surface area contributed by atoms with Crippen molar-refractivity contribution in [3.63, 3.8) is 0 Å². The Morgan fingerprint density at radius 3 is 2.56 bits per heavy atom. The van der Waals surface area contributed by atoms with Crippen molar-refractivity contribution in [2.75, 3.05) is 5.32 Å². The van der Waals surface area contributed by atoms with Gasteiger partial charge in [0.2, 0.25) is 0 Å². The van der Waals surface area contributed by atoms with Crippen LogP contribution in [0.3, 0.4) is 0 Å². The van der Waals surface area contributed by atoms with E-state index in [1.807, 2.05) is 0 Å². The van der Waals surface area contributed by atoms with Gasteiger partial charge in [0, 0.05) is 17.2 Å². The fourth-order valence-corrected chi connectivity index (χ4v) is 2.31. The number of nitro benzene ring substituents is 1. The smallest absolute Gasteiger partial charge is 0.339 e. The van der Waals surface area contributed by atoms with E-state index in [-0.39, 0.29) is 16.3 Å². The molecular weight excluding hydrogens is 371 g/mol. The minimum absolute atomic E-state index is 0.0293. The average Bonchev–Trinajstić information content (AvgIpc) is 2.57. The zero-order valence-electron chi connectivity index (χ0n) is 12.9. The highest BCUT2D eigenvalue weighted by Gasteiger charge is 2.21. The van der Waals surface area contributed by atoms with Gasteiger partial charge < -0.3 is 10.1 Å². The third-order valence-electron chi connectivity index (χ3n) is 3.13. The van der Waals surface area contributed by atoms with Crippen LogP contribution in [0.25, 0.3) is 0 Å². The number of benzene rings is 2. The molecule has 0 aliphatic heterocycles. The molecule has 0 aliphatic carbocycles. The van der Waals surface area contributed by atoms with Gasteiger partial charge in [-0.1, -0.05) is 29.3 Å². The number of halogens is 2. The molecule has 0 heterocycles. The summed E-state index contributed by atoms with van der Waals surface area (Å²) >= 11 is 11.7. The molecule has 25 heavy (non-hydrogen) atoms. The molecule has 0 saturated heterocycles. The standard InChI is InChI=1S/C16H12Cl2N2O5/c1-9(15(21)19-14-6-5-11(17)8-13(14)18)25-16(22)10-3-2-4-12(7-10)20(23)24/h2-9H,1H3,(H,19,21)/t9-/m1/s1. The van der Waals surface area contributed by atoms with Gasteiger partial charge in [-0.05, 0) is 31.2 Å². The van der Waals surface area contributed by atoms with Crippen molar-refractivity contribution in [2.24, 2.45) is 0 Å². The van der Waals surface area contributed by atoms with Gasteiger partial charge in [-0.2, -0.15) is 0 Å². The monoisotopic (exact) mass is 382 g/mol. The number of hydrogen-bond acceptors (Lipinski definition) is 5. The molecule has 2 rings (SSSR count). The molecule has 0 aromatic heterocycles. The first kappa shape index (κ1) is 18.7. The van der Waals surface area contributed by atoms with E-state index in [1.165, 1.54) is 37.3 Å². The first-order chi connectivity index (χ1) is 11.8. The molecule has 7 nitrogen and oxygen atoms in total. The number of rotatable bonds is 5. The Labute approximate surface area is 152 Å². The highest BCUT2D eigenvalue weighted by atomic mass is 35.5. The van der Waals surface area contributed by atoms with Crippen LogP contribution >= 0.6 is 23.2 Å². The molecule has 0 saturated carbocycles. The summed E-state index contributed by atoms with van der Waals surface area (Å²) in [7, 11) is 0. The van der Waals surface area contributed by atoms with Gasteiger partial charge >= 0.3 is 5.97 Å². The molecule has 1 amide bonds. The summed E-state index contributed by atoms with van der Waals surface area (Å²) in [5, 5.41) is 13.9. The lowest BCUT2D eigenvalue weighted by Gasteiger charge is -2.14. The Morgan fingerprint density at radius 1 is 1.20 bits per heavy atom. The molecular formula is C16H12Cl2N2O5. The number of esters is 1. The zero-order valence-corrected chi connectivity index (χ0v) is 14.4. The number of anilines is 1. The van der Waals surface area contributed by atoms with Crippen LogP contribution in [0.4, 0.5) is 11.4 Å². The van der Waals surface area contributed by atoms with Gasteiger partial charge in [-0.15, -0.1) is 0 Å². The highest BCUT2D eigenvalue weighted by Crippen LogP contribution is 2.25. The molecule has 1 atom stereocenters. The molecule has 0 aliphatic rings. The summed E-state index contributed by atoms with van der Waals surface area (Å²) in [6.45, 7) is 1.37. The van der Waals surface area contributed by atoms with Crippen LogP contribution in [0, 0.1) is 10.1 Å². The molecule has 9 heteroatoms. The minimum Gasteiger partial charge on any atom is -0.449 e. The summed E-state index contributed by atoms with van der Waals surface area (Å²) in [6, 6.07) is 9.54. The van der Waals surface area contributed by atoms with Crippen molar-refractivity contribution in [3.05, 3.63) is 68.2 Å². The summed E-state index contributed by atoms with van der Waals surface area (Å²) in [6.07, 6.45) is -1.14. The summed E-state index contributed by atoms with van der Waals surface area (Å²) < 4.78 is 5.03. The van der Waals surface area contributed by atoms with E-state index in [4.69, 9.17) is 27.9 Å². The Kier molecular flexibility index (Phi) is 5.95. The lowest BCUT2D eigenvalue weighted by molar-refractivity contribution is -0.384. The van der Waals surface area contributed by atoms with Crippen LogP contribution in [-0.4, -0.2) is 22.9 Å². The Balaban J connectivity index is 2.04. The highest BCUT2D eigenvalue weighted by molar-refractivity contribution is 6.36. The van der Waals surface area contributed by atoms with Crippen molar-refractivity contribution in [1.29, 1.82) is 0 Å². The molecule has 130 valence electrons. The molecule has 2 aromatic carbocycles. The van der Waals surface area contributed by atoms with Crippen LogP contribution in [0.1, 0.15) is 17.3 Å². The lowest BCUT2D eigenvalue weighted by atomic mass is 10.2. The maximum atomic E-state index is 12.1. The van der Waals surface area contributed by atoms with Crippen LogP contribution < -0.4 is 5.32 Å². The second-order valence-electron chi connectivity index (χ2n) is 4.97. The second kappa shape index (κ2) is 7.96. The predicted molar refractivity (Wildman–Crippen MR) is 93.1 cm³/mol. The maximum absolute atomic E-state index is 12.1. The number of ether oxygens (including phenoxy) is 1. The number of non-ortho nitro benzene ring substituents is 1. The number of nitrogens with one attached hydrogen (secondary N) is 1. The number of hydrogen-bond donors (Lipinski definition) is 1. The first-order valence-corrected chi connectivity index (χ1v) is 7.75. The molecule has 2 aromatic rings. The summed E-state index contributed by atoms with van der Waals surface area (Å²) in [5.74, 6) is -1.46. The normalized spacial score (nSPS) is 11.5. The van der Waals surface area contributed by atoms with Crippen molar-refractivity contribution >= 4 is 46.5 Å². The minimum atomic E-state index is -1.14. The molecule has 0 radical (unpaired) electrons. The van der Waals surface area contributed by atoms with Gasteiger partial charge in [0.1, 0.15) is 0 Å². The topological polar surface area (TPSA) is 98.5 Å². The van der Waals surface area contributed by atoms with E-state index in [1.54, 1.807) is 6.07 Å².